The second-order valence-corrected chi connectivity index (χ2v) is 5.46. The zero-order chi connectivity index (χ0) is 12.4. The second kappa shape index (κ2) is 5.29. The van der Waals surface area contributed by atoms with Crippen LogP contribution in [0.25, 0.3) is 0 Å². The largest absolute Gasteiger partial charge is 0.392 e. The Labute approximate surface area is 109 Å². The molecule has 2 aliphatic heterocycles. The van der Waals surface area contributed by atoms with E-state index in [1.807, 2.05) is 12.1 Å². The molecule has 3 nitrogen and oxygen atoms in total. The summed E-state index contributed by atoms with van der Waals surface area (Å²) in [5, 5.41) is 9.06. The Morgan fingerprint density at radius 1 is 1.06 bits per heavy atom. The van der Waals surface area contributed by atoms with Gasteiger partial charge in [-0.1, -0.05) is 12.1 Å². The molecule has 2 fully saturated rings. The molecule has 1 atom stereocenters. The summed E-state index contributed by atoms with van der Waals surface area (Å²) in [5.41, 5.74) is 2.29. The lowest BCUT2D eigenvalue weighted by Crippen LogP contribution is -2.35. The molecule has 98 valence electrons. The number of hydrogen-bond donors (Lipinski definition) is 1. The van der Waals surface area contributed by atoms with E-state index in [1.165, 1.54) is 51.1 Å². The third-order valence-electron chi connectivity index (χ3n) is 4.30. The Hall–Kier alpha value is -1.06. The average molecular weight is 246 g/mol. The average Bonchev–Trinajstić information content (AvgIpc) is 3.09. The van der Waals surface area contributed by atoms with Crippen molar-refractivity contribution in [2.75, 3.05) is 31.1 Å². The van der Waals surface area contributed by atoms with Crippen LogP contribution in [0.4, 0.5) is 5.69 Å². The van der Waals surface area contributed by atoms with E-state index in [0.29, 0.717) is 0 Å². The molecule has 18 heavy (non-hydrogen) atoms. The zero-order valence-corrected chi connectivity index (χ0v) is 10.9. The van der Waals surface area contributed by atoms with Gasteiger partial charge in [-0.2, -0.15) is 0 Å². The lowest BCUT2D eigenvalue weighted by Gasteiger charge is -2.24. The van der Waals surface area contributed by atoms with Gasteiger partial charge in [-0.3, -0.25) is 4.90 Å². The number of aliphatic hydroxyl groups is 1. The van der Waals surface area contributed by atoms with Crippen molar-refractivity contribution in [2.45, 2.75) is 31.9 Å². The molecule has 0 amide bonds. The molecule has 0 aliphatic carbocycles. The van der Waals surface area contributed by atoms with Gasteiger partial charge in [-0.05, 0) is 50.0 Å². The summed E-state index contributed by atoms with van der Waals surface area (Å²) in [6.07, 6.45) is 4.05. The number of rotatable bonds is 3. The monoisotopic (exact) mass is 246 g/mol. The van der Waals surface area contributed by atoms with Gasteiger partial charge in [0.05, 0.1) is 6.61 Å². The first-order valence-electron chi connectivity index (χ1n) is 7.05. The maximum atomic E-state index is 9.06. The third kappa shape index (κ3) is 2.38. The molecule has 0 bridgehead atoms. The van der Waals surface area contributed by atoms with E-state index >= 15 is 0 Å². The molecule has 3 rings (SSSR count). The van der Waals surface area contributed by atoms with Crippen LogP contribution in [-0.2, 0) is 6.61 Å². The fourth-order valence-electron chi connectivity index (χ4n) is 3.19. The van der Waals surface area contributed by atoms with Gasteiger partial charge in [0.1, 0.15) is 0 Å². The van der Waals surface area contributed by atoms with Crippen molar-refractivity contribution in [3.63, 3.8) is 0 Å². The van der Waals surface area contributed by atoms with Gasteiger partial charge in [0.2, 0.25) is 0 Å². The Balaban J connectivity index is 1.63. The van der Waals surface area contributed by atoms with Crippen molar-refractivity contribution in [2.24, 2.45) is 0 Å². The Morgan fingerprint density at radius 2 is 1.78 bits per heavy atom. The maximum Gasteiger partial charge on any atom is 0.0681 e. The van der Waals surface area contributed by atoms with Gasteiger partial charge < -0.3 is 10.0 Å². The van der Waals surface area contributed by atoms with Gasteiger partial charge in [0.15, 0.2) is 0 Å². The molecule has 2 heterocycles. The highest BCUT2D eigenvalue weighted by Gasteiger charge is 2.29. The number of benzene rings is 1. The summed E-state index contributed by atoms with van der Waals surface area (Å²) in [6.45, 7) is 5.05. The van der Waals surface area contributed by atoms with Gasteiger partial charge >= 0.3 is 0 Å². The van der Waals surface area contributed by atoms with E-state index in [2.05, 4.69) is 21.9 Å². The fourth-order valence-corrected chi connectivity index (χ4v) is 3.19. The molecule has 1 unspecified atom stereocenters. The Kier molecular flexibility index (Phi) is 3.52. The first-order chi connectivity index (χ1) is 8.86. The number of aliphatic hydroxyl groups excluding tert-OH is 1. The van der Waals surface area contributed by atoms with Crippen LogP contribution in [-0.4, -0.2) is 42.2 Å². The molecule has 1 N–H and O–H groups in total. The van der Waals surface area contributed by atoms with Crippen molar-refractivity contribution < 1.29 is 5.11 Å². The van der Waals surface area contributed by atoms with E-state index in [-0.39, 0.29) is 6.61 Å². The molecule has 0 saturated carbocycles. The van der Waals surface area contributed by atoms with Crippen LogP contribution in [0.3, 0.4) is 0 Å². The quantitative estimate of drug-likeness (QED) is 0.882. The highest BCUT2D eigenvalue weighted by atomic mass is 16.3. The highest BCUT2D eigenvalue weighted by molar-refractivity contribution is 5.48. The van der Waals surface area contributed by atoms with E-state index in [9.17, 15) is 0 Å². The normalized spacial score (nSPS) is 24.9. The summed E-state index contributed by atoms with van der Waals surface area (Å²) in [7, 11) is 0. The lowest BCUT2D eigenvalue weighted by atomic mass is 10.2. The number of anilines is 1. The summed E-state index contributed by atoms with van der Waals surface area (Å²) in [6, 6.07) is 9.08. The molecular weight excluding hydrogens is 224 g/mol. The molecule has 1 aromatic carbocycles. The number of nitrogens with zero attached hydrogens (tertiary/aromatic N) is 2. The second-order valence-electron chi connectivity index (χ2n) is 5.46. The van der Waals surface area contributed by atoms with E-state index in [4.69, 9.17) is 5.11 Å². The van der Waals surface area contributed by atoms with Gasteiger partial charge in [-0.15, -0.1) is 0 Å². The standard InChI is InChI=1S/C15H22N2O/c18-12-13-3-5-14(6-4-13)17-10-7-15(11-17)16-8-1-2-9-16/h3-6,15,18H,1-2,7-12H2. The van der Waals surface area contributed by atoms with Crippen LogP contribution in [0, 0.1) is 0 Å². The Morgan fingerprint density at radius 3 is 2.44 bits per heavy atom. The molecule has 0 spiro atoms. The molecule has 0 radical (unpaired) electrons. The SMILES string of the molecule is OCc1ccc(N2CCC(N3CCCC3)C2)cc1. The van der Waals surface area contributed by atoms with E-state index < -0.39 is 0 Å². The summed E-state index contributed by atoms with van der Waals surface area (Å²) in [4.78, 5) is 5.13. The third-order valence-corrected chi connectivity index (χ3v) is 4.30. The number of likely N-dealkylation sites (tertiary alicyclic amines) is 1. The minimum atomic E-state index is 0.136. The van der Waals surface area contributed by atoms with Crippen LogP contribution in [0.15, 0.2) is 24.3 Å². The van der Waals surface area contributed by atoms with E-state index in [1.54, 1.807) is 0 Å². The van der Waals surface area contributed by atoms with Crippen molar-refractivity contribution in [1.82, 2.24) is 4.90 Å². The minimum absolute atomic E-state index is 0.136. The summed E-state index contributed by atoms with van der Waals surface area (Å²) < 4.78 is 0. The first kappa shape index (κ1) is 12.0. The maximum absolute atomic E-state index is 9.06. The Bertz CT molecular complexity index is 384. The first-order valence-corrected chi connectivity index (χ1v) is 7.05. The molecule has 2 saturated heterocycles. The fraction of sp³-hybridized carbons (Fsp3) is 0.600. The lowest BCUT2D eigenvalue weighted by molar-refractivity contribution is 0.260. The van der Waals surface area contributed by atoms with E-state index in [0.717, 1.165) is 11.6 Å². The van der Waals surface area contributed by atoms with Gasteiger partial charge in [-0.25, -0.2) is 0 Å². The van der Waals surface area contributed by atoms with Crippen molar-refractivity contribution >= 4 is 5.69 Å². The predicted octanol–water partition coefficient (Wildman–Crippen LogP) is 1.85. The topological polar surface area (TPSA) is 26.7 Å². The minimum Gasteiger partial charge on any atom is -0.392 e. The smallest absolute Gasteiger partial charge is 0.0681 e. The van der Waals surface area contributed by atoms with Crippen LogP contribution in [0.2, 0.25) is 0 Å². The van der Waals surface area contributed by atoms with Crippen LogP contribution >= 0.6 is 0 Å². The van der Waals surface area contributed by atoms with Crippen molar-refractivity contribution in [3.05, 3.63) is 29.8 Å². The predicted molar refractivity (Wildman–Crippen MR) is 73.8 cm³/mol. The number of hydrogen-bond acceptors (Lipinski definition) is 3. The zero-order valence-electron chi connectivity index (χ0n) is 10.9. The molecular formula is C15H22N2O. The molecule has 0 aromatic heterocycles. The molecule has 1 aromatic rings. The summed E-state index contributed by atoms with van der Waals surface area (Å²) >= 11 is 0. The summed E-state index contributed by atoms with van der Waals surface area (Å²) in [5.74, 6) is 0. The van der Waals surface area contributed by atoms with Crippen molar-refractivity contribution in [1.29, 1.82) is 0 Å². The van der Waals surface area contributed by atoms with Crippen LogP contribution in [0.5, 0.6) is 0 Å². The molecule has 2 aliphatic rings. The van der Waals surface area contributed by atoms with Crippen LogP contribution < -0.4 is 4.90 Å². The molecule has 3 heteroatoms. The highest BCUT2D eigenvalue weighted by Crippen LogP contribution is 2.25. The van der Waals surface area contributed by atoms with Gasteiger partial charge in [0, 0.05) is 24.8 Å². The van der Waals surface area contributed by atoms with Crippen LogP contribution in [0.1, 0.15) is 24.8 Å². The van der Waals surface area contributed by atoms with Gasteiger partial charge in [0.25, 0.3) is 0 Å². The van der Waals surface area contributed by atoms with Crippen molar-refractivity contribution in [3.8, 4) is 0 Å².